The summed E-state index contributed by atoms with van der Waals surface area (Å²) in [7, 11) is 0. The van der Waals surface area contributed by atoms with Crippen LogP contribution in [-0.2, 0) is 0 Å². The van der Waals surface area contributed by atoms with E-state index in [1.165, 1.54) is 6.33 Å². The molecule has 0 spiro atoms. The number of aromatic nitrogens is 3. The second-order valence-corrected chi connectivity index (χ2v) is 4.40. The maximum atomic E-state index is 5.47. The lowest BCUT2D eigenvalue weighted by Crippen LogP contribution is -2.23. The summed E-state index contributed by atoms with van der Waals surface area (Å²) in [5, 5.41) is 10.0. The number of hydrogen-bond donors (Lipinski definition) is 2. The van der Waals surface area contributed by atoms with E-state index >= 15 is 0 Å². The number of furan rings is 1. The van der Waals surface area contributed by atoms with Crippen molar-refractivity contribution in [3.05, 3.63) is 34.7 Å². The van der Waals surface area contributed by atoms with Gasteiger partial charge in [0.15, 0.2) is 4.67 Å². The molecule has 0 saturated heterocycles. The molecule has 2 rings (SSSR count). The summed E-state index contributed by atoms with van der Waals surface area (Å²) in [5.41, 5.74) is 0. The third-order valence-corrected chi connectivity index (χ3v) is 2.79. The predicted molar refractivity (Wildman–Crippen MR) is 62.8 cm³/mol. The Hall–Kier alpha value is -1.14. The molecule has 2 aromatic heterocycles. The molecule has 5 nitrogen and oxygen atoms in total. The van der Waals surface area contributed by atoms with Crippen LogP contribution in [0.3, 0.4) is 0 Å². The summed E-state index contributed by atoms with van der Waals surface area (Å²) < 4.78 is 6.21. The fourth-order valence-electron chi connectivity index (χ4n) is 1.52. The highest BCUT2D eigenvalue weighted by Crippen LogP contribution is 2.22. The Labute approximate surface area is 102 Å². The first kappa shape index (κ1) is 11.3. The lowest BCUT2D eigenvalue weighted by molar-refractivity contribution is 0.388. The van der Waals surface area contributed by atoms with Gasteiger partial charge in [-0.25, -0.2) is 4.98 Å². The Morgan fingerprint density at radius 2 is 2.19 bits per heavy atom. The SMILES string of the molecule is CC(NC(C)c1ccc(Br)o1)c1ncn[nH]1. The molecule has 2 heterocycles. The van der Waals surface area contributed by atoms with Crippen LogP contribution in [0.5, 0.6) is 0 Å². The fraction of sp³-hybridized carbons (Fsp3) is 0.400. The van der Waals surface area contributed by atoms with Gasteiger partial charge in [0.1, 0.15) is 17.9 Å². The van der Waals surface area contributed by atoms with Gasteiger partial charge in [-0.05, 0) is 41.9 Å². The average molecular weight is 285 g/mol. The molecule has 0 aliphatic heterocycles. The minimum Gasteiger partial charge on any atom is -0.453 e. The lowest BCUT2D eigenvalue weighted by atomic mass is 10.2. The number of hydrogen-bond acceptors (Lipinski definition) is 4. The summed E-state index contributed by atoms with van der Waals surface area (Å²) in [5.74, 6) is 1.70. The van der Waals surface area contributed by atoms with Crippen molar-refractivity contribution in [3.63, 3.8) is 0 Å². The van der Waals surface area contributed by atoms with E-state index in [-0.39, 0.29) is 12.1 Å². The molecule has 6 heteroatoms. The zero-order chi connectivity index (χ0) is 11.5. The molecule has 0 amide bonds. The highest BCUT2D eigenvalue weighted by molar-refractivity contribution is 9.10. The molecule has 0 aliphatic rings. The van der Waals surface area contributed by atoms with Gasteiger partial charge < -0.3 is 4.42 Å². The third-order valence-electron chi connectivity index (χ3n) is 2.36. The van der Waals surface area contributed by atoms with Crippen LogP contribution in [0.4, 0.5) is 0 Å². The van der Waals surface area contributed by atoms with Crippen LogP contribution in [0.2, 0.25) is 0 Å². The summed E-state index contributed by atoms with van der Waals surface area (Å²) in [6.07, 6.45) is 1.50. The topological polar surface area (TPSA) is 66.7 Å². The van der Waals surface area contributed by atoms with Gasteiger partial charge >= 0.3 is 0 Å². The Bertz CT molecular complexity index is 439. The highest BCUT2D eigenvalue weighted by Gasteiger charge is 2.15. The number of nitrogens with zero attached hydrogens (tertiary/aromatic N) is 2. The highest BCUT2D eigenvalue weighted by atomic mass is 79.9. The lowest BCUT2D eigenvalue weighted by Gasteiger charge is -2.16. The second kappa shape index (κ2) is 4.80. The van der Waals surface area contributed by atoms with Crippen molar-refractivity contribution in [2.24, 2.45) is 0 Å². The fourth-order valence-corrected chi connectivity index (χ4v) is 1.84. The van der Waals surface area contributed by atoms with Crippen molar-refractivity contribution < 1.29 is 4.42 Å². The molecule has 0 bridgehead atoms. The molecule has 0 radical (unpaired) electrons. The molecular weight excluding hydrogens is 272 g/mol. The third kappa shape index (κ3) is 2.51. The molecule has 16 heavy (non-hydrogen) atoms. The Morgan fingerprint density at radius 3 is 2.75 bits per heavy atom. The van der Waals surface area contributed by atoms with Gasteiger partial charge in [-0.3, -0.25) is 10.4 Å². The van der Waals surface area contributed by atoms with Gasteiger partial charge in [0.2, 0.25) is 0 Å². The van der Waals surface area contributed by atoms with E-state index in [2.05, 4.69) is 36.4 Å². The van der Waals surface area contributed by atoms with Gasteiger partial charge in [0.25, 0.3) is 0 Å². The zero-order valence-electron chi connectivity index (χ0n) is 9.07. The van der Waals surface area contributed by atoms with Crippen molar-refractivity contribution >= 4 is 15.9 Å². The maximum absolute atomic E-state index is 5.47. The Balaban J connectivity index is 2.00. The van der Waals surface area contributed by atoms with Crippen LogP contribution in [0.1, 0.15) is 37.5 Å². The molecule has 0 aliphatic carbocycles. The zero-order valence-corrected chi connectivity index (χ0v) is 10.7. The number of rotatable bonds is 4. The van der Waals surface area contributed by atoms with E-state index in [4.69, 9.17) is 4.42 Å². The molecule has 86 valence electrons. The molecule has 2 atom stereocenters. The van der Waals surface area contributed by atoms with E-state index in [0.717, 1.165) is 16.3 Å². The van der Waals surface area contributed by atoms with Gasteiger partial charge in [-0.1, -0.05) is 0 Å². The van der Waals surface area contributed by atoms with Crippen molar-refractivity contribution in [2.75, 3.05) is 0 Å². The number of aromatic amines is 1. The van der Waals surface area contributed by atoms with Gasteiger partial charge in [-0.2, -0.15) is 5.10 Å². The minimum absolute atomic E-state index is 0.0985. The first-order valence-corrected chi connectivity index (χ1v) is 5.82. The van der Waals surface area contributed by atoms with Crippen LogP contribution < -0.4 is 5.32 Å². The van der Waals surface area contributed by atoms with Crippen LogP contribution >= 0.6 is 15.9 Å². The molecular formula is C10H13BrN4O. The van der Waals surface area contributed by atoms with Crippen molar-refractivity contribution in [3.8, 4) is 0 Å². The maximum Gasteiger partial charge on any atom is 0.169 e. The summed E-state index contributed by atoms with van der Waals surface area (Å²) in [6, 6.07) is 4.04. The van der Waals surface area contributed by atoms with Crippen LogP contribution in [-0.4, -0.2) is 15.2 Å². The first-order valence-electron chi connectivity index (χ1n) is 5.03. The van der Waals surface area contributed by atoms with E-state index in [1.807, 2.05) is 26.0 Å². The predicted octanol–water partition coefficient (Wildman–Crippen LogP) is 2.57. The monoisotopic (exact) mass is 284 g/mol. The van der Waals surface area contributed by atoms with Gasteiger partial charge in [0, 0.05) is 0 Å². The van der Waals surface area contributed by atoms with E-state index < -0.39 is 0 Å². The van der Waals surface area contributed by atoms with Crippen molar-refractivity contribution in [2.45, 2.75) is 25.9 Å². The Morgan fingerprint density at radius 1 is 1.38 bits per heavy atom. The summed E-state index contributed by atoms with van der Waals surface area (Å²) in [4.78, 5) is 4.10. The number of nitrogens with one attached hydrogen (secondary N) is 2. The van der Waals surface area contributed by atoms with Gasteiger partial charge in [-0.15, -0.1) is 0 Å². The van der Waals surface area contributed by atoms with Crippen molar-refractivity contribution in [1.29, 1.82) is 0 Å². The molecule has 0 aromatic carbocycles. The normalized spacial score (nSPS) is 14.9. The van der Waals surface area contributed by atoms with Gasteiger partial charge in [0.05, 0.1) is 12.1 Å². The molecule has 2 aromatic rings. The van der Waals surface area contributed by atoms with E-state index in [1.54, 1.807) is 0 Å². The number of halogens is 1. The Kier molecular flexibility index (Phi) is 3.40. The summed E-state index contributed by atoms with van der Waals surface area (Å²) >= 11 is 3.28. The molecule has 2 unspecified atom stereocenters. The number of H-pyrrole nitrogens is 1. The minimum atomic E-state index is 0.0985. The van der Waals surface area contributed by atoms with Crippen molar-refractivity contribution in [1.82, 2.24) is 20.5 Å². The quantitative estimate of drug-likeness (QED) is 0.906. The van der Waals surface area contributed by atoms with E-state index in [9.17, 15) is 0 Å². The van der Waals surface area contributed by atoms with Crippen LogP contribution in [0, 0.1) is 0 Å². The standard InChI is InChI=1S/C10H13BrN4O/c1-6(8-3-4-9(11)16-8)14-7(2)10-12-5-13-15-10/h3-7,14H,1-2H3,(H,12,13,15). The molecule has 0 fully saturated rings. The van der Waals surface area contributed by atoms with E-state index in [0.29, 0.717) is 0 Å². The average Bonchev–Trinajstić information content (AvgIpc) is 2.87. The summed E-state index contributed by atoms with van der Waals surface area (Å²) in [6.45, 7) is 4.06. The smallest absolute Gasteiger partial charge is 0.169 e. The van der Waals surface area contributed by atoms with Crippen LogP contribution in [0.25, 0.3) is 0 Å². The molecule has 0 saturated carbocycles. The first-order chi connectivity index (χ1) is 7.66. The molecule has 2 N–H and O–H groups in total. The second-order valence-electron chi connectivity index (χ2n) is 3.62. The van der Waals surface area contributed by atoms with Crippen LogP contribution in [0.15, 0.2) is 27.5 Å². The largest absolute Gasteiger partial charge is 0.453 e.